The zero-order chi connectivity index (χ0) is 20.3. The quantitative estimate of drug-likeness (QED) is 0.379. The lowest BCUT2D eigenvalue weighted by Crippen LogP contribution is -2.25. The maximum Gasteiger partial charge on any atom is 0.152 e. The van der Waals surface area contributed by atoms with Gasteiger partial charge < -0.3 is 19.7 Å². The second kappa shape index (κ2) is 9.45. The molecule has 0 fully saturated rings. The first-order valence-corrected chi connectivity index (χ1v) is 11.0. The van der Waals surface area contributed by atoms with Crippen LogP contribution in [0.25, 0.3) is 0 Å². The SMILES string of the molecule is CCCOC(CC)Nc1nc(C)nc(N2CCc3cc(OC)cc(Cl)c32)c1I. The lowest BCUT2D eigenvalue weighted by molar-refractivity contribution is 0.0699. The molecule has 0 bridgehead atoms. The van der Waals surface area contributed by atoms with Gasteiger partial charge in [-0.25, -0.2) is 9.97 Å². The van der Waals surface area contributed by atoms with Crippen LogP contribution in [-0.4, -0.2) is 36.5 Å². The Morgan fingerprint density at radius 3 is 2.79 bits per heavy atom. The number of methoxy groups -OCH3 is 1. The normalized spacial score (nSPS) is 14.1. The Hall–Kier alpha value is -1.32. The molecule has 2 aromatic rings. The highest BCUT2D eigenvalue weighted by molar-refractivity contribution is 14.1. The van der Waals surface area contributed by atoms with Gasteiger partial charge in [-0.05, 0) is 60.4 Å². The van der Waals surface area contributed by atoms with Crippen LogP contribution in [0.5, 0.6) is 5.75 Å². The number of nitrogens with zero attached hydrogens (tertiary/aromatic N) is 3. The van der Waals surface area contributed by atoms with Crippen molar-refractivity contribution >= 4 is 51.5 Å². The van der Waals surface area contributed by atoms with E-state index in [0.717, 1.165) is 59.1 Å². The molecule has 6 nitrogen and oxygen atoms in total. The summed E-state index contributed by atoms with van der Waals surface area (Å²) in [7, 11) is 1.66. The van der Waals surface area contributed by atoms with Gasteiger partial charge in [0, 0.05) is 19.2 Å². The van der Waals surface area contributed by atoms with E-state index < -0.39 is 0 Å². The number of hydrogen-bond donors (Lipinski definition) is 1. The molecule has 0 amide bonds. The van der Waals surface area contributed by atoms with E-state index in [1.54, 1.807) is 7.11 Å². The predicted octanol–water partition coefficient (Wildman–Crippen LogP) is 5.32. The molecule has 1 aromatic heterocycles. The molecule has 0 radical (unpaired) electrons. The summed E-state index contributed by atoms with van der Waals surface area (Å²) in [6, 6.07) is 3.90. The first-order valence-electron chi connectivity index (χ1n) is 9.54. The highest BCUT2D eigenvalue weighted by Crippen LogP contribution is 2.43. The van der Waals surface area contributed by atoms with Crippen molar-refractivity contribution in [3.63, 3.8) is 0 Å². The minimum absolute atomic E-state index is 0.0747. The fourth-order valence-electron chi connectivity index (χ4n) is 3.29. The van der Waals surface area contributed by atoms with Gasteiger partial charge in [0.15, 0.2) is 5.82 Å². The maximum absolute atomic E-state index is 6.59. The molecule has 28 heavy (non-hydrogen) atoms. The van der Waals surface area contributed by atoms with Crippen molar-refractivity contribution in [2.45, 2.75) is 46.3 Å². The van der Waals surface area contributed by atoms with Crippen LogP contribution in [0, 0.1) is 10.5 Å². The van der Waals surface area contributed by atoms with Crippen LogP contribution >= 0.6 is 34.2 Å². The fourth-order valence-corrected chi connectivity index (χ4v) is 4.31. The van der Waals surface area contributed by atoms with E-state index in [-0.39, 0.29) is 6.23 Å². The maximum atomic E-state index is 6.59. The van der Waals surface area contributed by atoms with Crippen molar-refractivity contribution in [1.82, 2.24) is 9.97 Å². The number of fused-ring (bicyclic) bond motifs is 1. The molecule has 1 atom stereocenters. The molecule has 1 unspecified atom stereocenters. The lowest BCUT2D eigenvalue weighted by Gasteiger charge is -2.24. The van der Waals surface area contributed by atoms with Crippen molar-refractivity contribution in [2.24, 2.45) is 0 Å². The van der Waals surface area contributed by atoms with Gasteiger partial charge in [-0.2, -0.15) is 0 Å². The van der Waals surface area contributed by atoms with Crippen LogP contribution in [0.4, 0.5) is 17.3 Å². The van der Waals surface area contributed by atoms with E-state index in [1.807, 2.05) is 19.1 Å². The highest BCUT2D eigenvalue weighted by Gasteiger charge is 2.28. The van der Waals surface area contributed by atoms with E-state index in [1.165, 1.54) is 5.56 Å². The zero-order valence-electron chi connectivity index (χ0n) is 16.7. The highest BCUT2D eigenvalue weighted by atomic mass is 127. The van der Waals surface area contributed by atoms with Gasteiger partial charge in [-0.15, -0.1) is 0 Å². The summed E-state index contributed by atoms with van der Waals surface area (Å²) in [6.45, 7) is 7.64. The van der Waals surface area contributed by atoms with Crippen LogP contribution in [0.1, 0.15) is 38.1 Å². The summed E-state index contributed by atoms with van der Waals surface area (Å²) in [6.07, 6.45) is 2.66. The van der Waals surface area contributed by atoms with Crippen LogP contribution in [0.3, 0.4) is 0 Å². The molecule has 1 aromatic carbocycles. The first-order chi connectivity index (χ1) is 13.5. The summed E-state index contributed by atoms with van der Waals surface area (Å²) >= 11 is 8.90. The lowest BCUT2D eigenvalue weighted by atomic mass is 10.1. The van der Waals surface area contributed by atoms with Gasteiger partial charge in [-0.1, -0.05) is 25.4 Å². The average molecular weight is 517 g/mol. The van der Waals surface area contributed by atoms with Gasteiger partial charge in [-0.3, -0.25) is 0 Å². The second-order valence-corrected chi connectivity index (χ2v) is 8.17. The number of aryl methyl sites for hydroxylation is 1. The number of ether oxygens (including phenoxy) is 2. The molecule has 3 rings (SSSR count). The summed E-state index contributed by atoms with van der Waals surface area (Å²) in [5.74, 6) is 3.15. The summed E-state index contributed by atoms with van der Waals surface area (Å²) in [5, 5.41) is 4.11. The van der Waals surface area contributed by atoms with Crippen molar-refractivity contribution in [3.8, 4) is 5.75 Å². The number of halogens is 2. The van der Waals surface area contributed by atoms with Crippen molar-refractivity contribution in [2.75, 3.05) is 30.5 Å². The van der Waals surface area contributed by atoms with E-state index in [2.05, 4.69) is 51.6 Å². The molecule has 152 valence electrons. The third-order valence-electron chi connectivity index (χ3n) is 4.62. The molecular weight excluding hydrogens is 491 g/mol. The topological polar surface area (TPSA) is 59.5 Å². The second-order valence-electron chi connectivity index (χ2n) is 6.69. The molecule has 1 aliphatic heterocycles. The molecule has 0 aliphatic carbocycles. The Bertz CT molecular complexity index is 849. The van der Waals surface area contributed by atoms with Gasteiger partial charge in [0.1, 0.15) is 23.6 Å². The summed E-state index contributed by atoms with van der Waals surface area (Å²) in [4.78, 5) is 11.5. The number of benzene rings is 1. The third-order valence-corrected chi connectivity index (χ3v) is 5.90. The largest absolute Gasteiger partial charge is 0.497 e. The number of aromatic nitrogens is 2. The Morgan fingerprint density at radius 1 is 1.32 bits per heavy atom. The number of anilines is 3. The first kappa shape index (κ1) is 21.4. The van der Waals surface area contributed by atoms with Crippen molar-refractivity contribution in [1.29, 1.82) is 0 Å². The Morgan fingerprint density at radius 2 is 2.11 bits per heavy atom. The number of rotatable bonds is 8. The Balaban J connectivity index is 1.96. The summed E-state index contributed by atoms with van der Waals surface area (Å²) < 4.78 is 12.2. The van der Waals surface area contributed by atoms with Gasteiger partial charge in [0.05, 0.1) is 21.4 Å². The molecule has 0 spiro atoms. The molecule has 1 aliphatic rings. The van der Waals surface area contributed by atoms with Gasteiger partial charge in [0.25, 0.3) is 0 Å². The molecule has 1 N–H and O–H groups in total. The average Bonchev–Trinajstić information content (AvgIpc) is 3.11. The molecule has 2 heterocycles. The molecule has 0 saturated heterocycles. The van der Waals surface area contributed by atoms with E-state index >= 15 is 0 Å². The zero-order valence-corrected chi connectivity index (χ0v) is 19.6. The fraction of sp³-hybridized carbons (Fsp3) is 0.500. The van der Waals surface area contributed by atoms with Gasteiger partial charge in [0.2, 0.25) is 0 Å². The molecule has 0 saturated carbocycles. The van der Waals surface area contributed by atoms with Crippen LogP contribution in [0.15, 0.2) is 12.1 Å². The molecular formula is C20H26ClIN4O2. The van der Waals surface area contributed by atoms with Crippen LogP contribution < -0.4 is 15.0 Å². The minimum atomic E-state index is -0.0747. The number of nitrogens with one attached hydrogen (secondary N) is 1. The van der Waals surface area contributed by atoms with Gasteiger partial charge >= 0.3 is 0 Å². The number of hydrogen-bond acceptors (Lipinski definition) is 6. The van der Waals surface area contributed by atoms with Crippen LogP contribution in [-0.2, 0) is 11.2 Å². The summed E-state index contributed by atoms with van der Waals surface area (Å²) in [5.41, 5.74) is 2.17. The predicted molar refractivity (Wildman–Crippen MR) is 122 cm³/mol. The van der Waals surface area contributed by atoms with Crippen molar-refractivity contribution < 1.29 is 9.47 Å². The third kappa shape index (κ3) is 4.46. The standard InChI is InChI=1S/C20H26ClIN4O2/c1-5-9-28-16(6-2)25-19-17(22)20(24-12(3)23-19)26-8-7-13-10-14(27-4)11-15(21)18(13)26/h10-11,16H,5-9H2,1-4H3,(H,23,24,25). The van der Waals surface area contributed by atoms with E-state index in [0.29, 0.717) is 10.8 Å². The van der Waals surface area contributed by atoms with E-state index in [4.69, 9.17) is 26.1 Å². The smallest absolute Gasteiger partial charge is 0.152 e. The molecule has 8 heteroatoms. The van der Waals surface area contributed by atoms with Crippen molar-refractivity contribution in [3.05, 3.63) is 32.1 Å². The Kier molecular flexibility index (Phi) is 7.22. The Labute approximate surface area is 185 Å². The monoisotopic (exact) mass is 516 g/mol. The minimum Gasteiger partial charge on any atom is -0.497 e. The van der Waals surface area contributed by atoms with E-state index in [9.17, 15) is 0 Å². The van der Waals surface area contributed by atoms with Crippen LogP contribution in [0.2, 0.25) is 5.02 Å².